The summed E-state index contributed by atoms with van der Waals surface area (Å²) in [5.74, 6) is 1.10. The van der Waals surface area contributed by atoms with Crippen molar-refractivity contribution < 1.29 is 14.3 Å². The Morgan fingerprint density at radius 2 is 1.87 bits per heavy atom. The molecule has 0 fully saturated rings. The molecule has 0 radical (unpaired) electrons. The van der Waals surface area contributed by atoms with Crippen molar-refractivity contribution in [3.05, 3.63) is 48.3 Å². The smallest absolute Gasteiger partial charge is 0.412 e. The first-order valence-electron chi connectivity index (χ1n) is 7.00. The number of amides is 1. The molecule has 6 nitrogen and oxygen atoms in total. The number of rotatable bonds is 3. The first-order chi connectivity index (χ1) is 10.9. The highest BCUT2D eigenvalue weighted by molar-refractivity contribution is 5.84. The third kappa shape index (κ3) is 5.32. The van der Waals surface area contributed by atoms with Gasteiger partial charge in [-0.1, -0.05) is 0 Å². The number of hydrogen-bond acceptors (Lipinski definition) is 5. The van der Waals surface area contributed by atoms with E-state index < -0.39 is 11.7 Å². The molecule has 0 aliphatic heterocycles. The Labute approximate surface area is 134 Å². The SMILES string of the molecule is CC(C)(C)OC(=O)Nc1ccc(Oc2ccnc(C#N)c2)cc1. The van der Waals surface area contributed by atoms with Crippen LogP contribution in [0.2, 0.25) is 0 Å². The molecule has 0 aliphatic carbocycles. The molecule has 1 N–H and O–H groups in total. The molecule has 0 saturated carbocycles. The first kappa shape index (κ1) is 16.3. The van der Waals surface area contributed by atoms with Crippen LogP contribution in [0.1, 0.15) is 26.5 Å². The minimum absolute atomic E-state index is 0.283. The van der Waals surface area contributed by atoms with Crippen LogP contribution in [-0.4, -0.2) is 16.7 Å². The highest BCUT2D eigenvalue weighted by Crippen LogP contribution is 2.23. The third-order valence-corrected chi connectivity index (χ3v) is 2.58. The average molecular weight is 311 g/mol. The Bertz CT molecular complexity index is 728. The molecule has 0 bridgehead atoms. The monoisotopic (exact) mass is 311 g/mol. The standard InChI is InChI=1S/C17H17N3O3/c1-17(2,3)23-16(21)20-12-4-6-14(7-5-12)22-15-8-9-19-13(10-15)11-18/h4-10H,1-3H3,(H,20,21). The highest BCUT2D eigenvalue weighted by atomic mass is 16.6. The van der Waals surface area contributed by atoms with Crippen molar-refractivity contribution in [2.75, 3.05) is 5.32 Å². The average Bonchev–Trinajstić information content (AvgIpc) is 2.47. The molecule has 23 heavy (non-hydrogen) atoms. The molecule has 0 unspecified atom stereocenters. The van der Waals surface area contributed by atoms with E-state index in [-0.39, 0.29) is 5.69 Å². The van der Waals surface area contributed by atoms with Crippen LogP contribution in [0.4, 0.5) is 10.5 Å². The number of nitrogens with one attached hydrogen (secondary N) is 1. The lowest BCUT2D eigenvalue weighted by molar-refractivity contribution is 0.0636. The van der Waals surface area contributed by atoms with Gasteiger partial charge in [-0.3, -0.25) is 5.32 Å². The summed E-state index contributed by atoms with van der Waals surface area (Å²) in [7, 11) is 0. The van der Waals surface area contributed by atoms with Gasteiger partial charge in [0.2, 0.25) is 0 Å². The maximum absolute atomic E-state index is 11.7. The van der Waals surface area contributed by atoms with E-state index in [1.807, 2.05) is 6.07 Å². The summed E-state index contributed by atoms with van der Waals surface area (Å²) < 4.78 is 10.8. The van der Waals surface area contributed by atoms with Crippen LogP contribution in [0.3, 0.4) is 0 Å². The van der Waals surface area contributed by atoms with Gasteiger partial charge in [-0.15, -0.1) is 0 Å². The predicted octanol–water partition coefficient (Wildman–Crippen LogP) is 4.09. The van der Waals surface area contributed by atoms with E-state index in [2.05, 4.69) is 10.3 Å². The van der Waals surface area contributed by atoms with Gasteiger partial charge < -0.3 is 9.47 Å². The van der Waals surface area contributed by atoms with Gasteiger partial charge in [0, 0.05) is 18.0 Å². The molecule has 6 heteroatoms. The second-order valence-corrected chi connectivity index (χ2v) is 5.74. The number of nitriles is 1. The molecule has 0 saturated heterocycles. The molecule has 118 valence electrons. The topological polar surface area (TPSA) is 84.2 Å². The maximum Gasteiger partial charge on any atom is 0.412 e. The summed E-state index contributed by atoms with van der Waals surface area (Å²) in [5, 5.41) is 11.4. The Kier molecular flexibility index (Phi) is 4.82. The fourth-order valence-corrected chi connectivity index (χ4v) is 1.70. The number of benzene rings is 1. The molecule has 2 rings (SSSR count). The van der Waals surface area contributed by atoms with Gasteiger partial charge in [0.15, 0.2) is 0 Å². The second kappa shape index (κ2) is 6.79. The van der Waals surface area contributed by atoms with Gasteiger partial charge in [0.1, 0.15) is 28.9 Å². The molecule has 0 atom stereocenters. The van der Waals surface area contributed by atoms with Gasteiger partial charge in [-0.2, -0.15) is 5.26 Å². The van der Waals surface area contributed by atoms with Crippen molar-refractivity contribution in [3.63, 3.8) is 0 Å². The number of pyridine rings is 1. The van der Waals surface area contributed by atoms with E-state index in [9.17, 15) is 4.79 Å². The number of nitrogens with zero attached hydrogens (tertiary/aromatic N) is 2. The largest absolute Gasteiger partial charge is 0.457 e. The normalized spacial score (nSPS) is 10.5. The molecule has 1 amide bonds. The van der Waals surface area contributed by atoms with Crippen LogP contribution < -0.4 is 10.1 Å². The Morgan fingerprint density at radius 3 is 2.48 bits per heavy atom. The molecule has 0 aliphatic rings. The van der Waals surface area contributed by atoms with E-state index in [4.69, 9.17) is 14.7 Å². The van der Waals surface area contributed by atoms with Crippen molar-refractivity contribution in [2.45, 2.75) is 26.4 Å². The van der Waals surface area contributed by atoms with Gasteiger partial charge in [0.25, 0.3) is 0 Å². The van der Waals surface area contributed by atoms with Gasteiger partial charge in [0.05, 0.1) is 0 Å². The summed E-state index contributed by atoms with van der Waals surface area (Å²) in [6.45, 7) is 5.40. The molecular weight excluding hydrogens is 294 g/mol. The molecule has 1 heterocycles. The predicted molar refractivity (Wildman–Crippen MR) is 85.3 cm³/mol. The maximum atomic E-state index is 11.7. The summed E-state index contributed by atoms with van der Waals surface area (Å²) in [6.07, 6.45) is 0.991. The van der Waals surface area contributed by atoms with E-state index in [0.717, 1.165) is 0 Å². The van der Waals surface area contributed by atoms with Crippen LogP contribution in [0.25, 0.3) is 0 Å². The number of anilines is 1. The number of aromatic nitrogens is 1. The fourth-order valence-electron chi connectivity index (χ4n) is 1.70. The van der Waals surface area contributed by atoms with E-state index in [1.54, 1.807) is 57.2 Å². The summed E-state index contributed by atoms with van der Waals surface area (Å²) in [6, 6.07) is 12.0. The second-order valence-electron chi connectivity index (χ2n) is 5.74. The zero-order valence-corrected chi connectivity index (χ0v) is 13.2. The quantitative estimate of drug-likeness (QED) is 0.922. The van der Waals surface area contributed by atoms with Crippen LogP contribution >= 0.6 is 0 Å². The van der Waals surface area contributed by atoms with Crippen LogP contribution in [-0.2, 0) is 4.74 Å². The van der Waals surface area contributed by atoms with Crippen molar-refractivity contribution in [1.82, 2.24) is 4.98 Å². The van der Waals surface area contributed by atoms with E-state index in [0.29, 0.717) is 17.2 Å². The van der Waals surface area contributed by atoms with E-state index >= 15 is 0 Å². The Balaban J connectivity index is 1.99. The number of hydrogen-bond donors (Lipinski definition) is 1. The lowest BCUT2D eigenvalue weighted by atomic mass is 10.2. The Morgan fingerprint density at radius 1 is 1.17 bits per heavy atom. The zero-order valence-electron chi connectivity index (χ0n) is 13.2. The number of carbonyl (C=O) groups excluding carboxylic acids is 1. The van der Waals surface area contributed by atoms with Crippen LogP contribution in [0, 0.1) is 11.3 Å². The van der Waals surface area contributed by atoms with E-state index in [1.165, 1.54) is 6.20 Å². The summed E-state index contributed by atoms with van der Waals surface area (Å²) in [4.78, 5) is 15.5. The summed E-state index contributed by atoms with van der Waals surface area (Å²) >= 11 is 0. The molecular formula is C17H17N3O3. The van der Waals surface area contributed by atoms with Gasteiger partial charge >= 0.3 is 6.09 Å². The first-order valence-corrected chi connectivity index (χ1v) is 7.00. The molecule has 0 spiro atoms. The Hall–Kier alpha value is -3.07. The lowest BCUT2D eigenvalue weighted by Crippen LogP contribution is -2.27. The lowest BCUT2D eigenvalue weighted by Gasteiger charge is -2.19. The highest BCUT2D eigenvalue weighted by Gasteiger charge is 2.16. The number of ether oxygens (including phenoxy) is 2. The van der Waals surface area contributed by atoms with Crippen molar-refractivity contribution in [1.29, 1.82) is 5.26 Å². The molecule has 1 aromatic heterocycles. The van der Waals surface area contributed by atoms with Crippen molar-refractivity contribution in [3.8, 4) is 17.6 Å². The van der Waals surface area contributed by atoms with Crippen LogP contribution in [0.5, 0.6) is 11.5 Å². The van der Waals surface area contributed by atoms with Crippen molar-refractivity contribution >= 4 is 11.8 Å². The minimum atomic E-state index is -0.549. The number of carbonyl (C=O) groups is 1. The van der Waals surface area contributed by atoms with Crippen molar-refractivity contribution in [2.24, 2.45) is 0 Å². The molecule has 2 aromatic rings. The summed E-state index contributed by atoms with van der Waals surface area (Å²) in [5.41, 5.74) is 0.331. The minimum Gasteiger partial charge on any atom is -0.457 e. The van der Waals surface area contributed by atoms with Gasteiger partial charge in [-0.05, 0) is 51.1 Å². The zero-order chi connectivity index (χ0) is 16.9. The third-order valence-electron chi connectivity index (χ3n) is 2.58. The molecule has 1 aromatic carbocycles. The van der Waals surface area contributed by atoms with Crippen LogP contribution in [0.15, 0.2) is 42.6 Å². The fraction of sp³-hybridized carbons (Fsp3) is 0.235. The van der Waals surface area contributed by atoms with Gasteiger partial charge in [-0.25, -0.2) is 9.78 Å².